The van der Waals surface area contributed by atoms with E-state index in [1.807, 2.05) is 0 Å². The zero-order valence-electron chi connectivity index (χ0n) is 15.9. The van der Waals surface area contributed by atoms with Crippen molar-refractivity contribution in [3.05, 3.63) is 85.8 Å². The van der Waals surface area contributed by atoms with Gasteiger partial charge >= 0.3 is 6.18 Å². The van der Waals surface area contributed by atoms with Crippen LogP contribution < -0.4 is 5.56 Å². The number of hydrogen-bond donors (Lipinski definition) is 1. The van der Waals surface area contributed by atoms with E-state index in [-0.39, 0.29) is 35.1 Å². The number of nitrogens with one attached hydrogen (secondary N) is 1. The van der Waals surface area contributed by atoms with E-state index in [1.54, 1.807) is 4.90 Å². The van der Waals surface area contributed by atoms with Crippen molar-refractivity contribution in [1.82, 2.24) is 14.9 Å². The van der Waals surface area contributed by atoms with Crippen molar-refractivity contribution in [2.75, 3.05) is 6.54 Å². The minimum absolute atomic E-state index is 0.0677. The van der Waals surface area contributed by atoms with Gasteiger partial charge in [0.25, 0.3) is 5.56 Å². The van der Waals surface area contributed by atoms with Gasteiger partial charge in [-0.15, -0.1) is 0 Å². The number of aromatic amines is 1. The Labute approximate surface area is 178 Å². The molecule has 0 unspecified atom stereocenters. The Balaban J connectivity index is 1.62. The van der Waals surface area contributed by atoms with Crippen LogP contribution in [0.4, 0.5) is 22.0 Å². The van der Waals surface area contributed by atoms with Crippen LogP contribution in [-0.2, 0) is 25.7 Å². The normalized spacial score (nSPS) is 14.5. The van der Waals surface area contributed by atoms with E-state index in [1.165, 1.54) is 12.1 Å². The average Bonchev–Trinajstić information content (AvgIpc) is 2.73. The van der Waals surface area contributed by atoms with Gasteiger partial charge in [0.05, 0.1) is 16.3 Å². The molecule has 4 rings (SSSR count). The molecule has 10 heteroatoms. The molecule has 0 fully saturated rings. The van der Waals surface area contributed by atoms with Crippen LogP contribution in [0, 0.1) is 11.6 Å². The van der Waals surface area contributed by atoms with Gasteiger partial charge in [0, 0.05) is 36.3 Å². The van der Waals surface area contributed by atoms with E-state index >= 15 is 0 Å². The molecule has 0 radical (unpaired) electrons. The molecule has 31 heavy (non-hydrogen) atoms. The van der Waals surface area contributed by atoms with Crippen molar-refractivity contribution in [1.29, 1.82) is 0 Å². The molecule has 1 aliphatic rings. The zero-order chi connectivity index (χ0) is 22.3. The van der Waals surface area contributed by atoms with Crippen LogP contribution in [0.3, 0.4) is 0 Å². The molecule has 2 heterocycles. The Bertz CT molecular complexity index is 1190. The van der Waals surface area contributed by atoms with Gasteiger partial charge in [-0.1, -0.05) is 23.7 Å². The lowest BCUT2D eigenvalue weighted by Gasteiger charge is -2.28. The van der Waals surface area contributed by atoms with Crippen molar-refractivity contribution in [3.63, 3.8) is 0 Å². The molecule has 0 bridgehead atoms. The second kappa shape index (κ2) is 8.05. The highest BCUT2D eigenvalue weighted by Crippen LogP contribution is 2.30. The Hall–Kier alpha value is -2.78. The Morgan fingerprint density at radius 2 is 1.81 bits per heavy atom. The third kappa shape index (κ3) is 4.33. The molecule has 0 saturated heterocycles. The molecule has 0 saturated carbocycles. The predicted molar refractivity (Wildman–Crippen MR) is 104 cm³/mol. The molecule has 1 N–H and O–H groups in total. The van der Waals surface area contributed by atoms with Crippen LogP contribution >= 0.6 is 11.6 Å². The summed E-state index contributed by atoms with van der Waals surface area (Å²) in [6, 6.07) is 6.50. The van der Waals surface area contributed by atoms with Crippen LogP contribution in [0.15, 0.2) is 41.2 Å². The highest BCUT2D eigenvalue weighted by atomic mass is 35.5. The number of halogens is 6. The largest absolute Gasteiger partial charge is 0.416 e. The fourth-order valence-electron chi connectivity index (χ4n) is 3.52. The van der Waals surface area contributed by atoms with Crippen LogP contribution in [0.25, 0.3) is 11.4 Å². The van der Waals surface area contributed by atoms with E-state index in [9.17, 15) is 26.7 Å². The molecular formula is C21H15ClF5N3O. The maximum Gasteiger partial charge on any atom is 0.416 e. The van der Waals surface area contributed by atoms with Crippen molar-refractivity contribution in [2.24, 2.45) is 0 Å². The smallest absolute Gasteiger partial charge is 0.306 e. The Morgan fingerprint density at radius 3 is 2.48 bits per heavy atom. The third-order valence-corrected chi connectivity index (χ3v) is 5.45. The van der Waals surface area contributed by atoms with E-state index in [4.69, 9.17) is 11.6 Å². The van der Waals surface area contributed by atoms with Crippen LogP contribution in [0.5, 0.6) is 0 Å². The van der Waals surface area contributed by atoms with Gasteiger partial charge in [-0.25, -0.2) is 13.8 Å². The van der Waals surface area contributed by atoms with Gasteiger partial charge in [0.2, 0.25) is 0 Å². The lowest BCUT2D eigenvalue weighted by atomic mass is 10.0. The molecule has 0 atom stereocenters. The summed E-state index contributed by atoms with van der Waals surface area (Å²) >= 11 is 5.74. The quantitative estimate of drug-likeness (QED) is 0.449. The van der Waals surface area contributed by atoms with Crippen molar-refractivity contribution >= 4 is 11.6 Å². The lowest BCUT2D eigenvalue weighted by molar-refractivity contribution is -0.137. The predicted octanol–water partition coefficient (Wildman–Crippen LogP) is 4.95. The van der Waals surface area contributed by atoms with Gasteiger partial charge in [0.1, 0.15) is 17.5 Å². The minimum Gasteiger partial charge on any atom is -0.306 e. The molecular weight excluding hydrogens is 441 g/mol. The maximum absolute atomic E-state index is 14.2. The molecule has 162 valence electrons. The SMILES string of the molecule is O=c1[nH]c(-c2ccc(C(F)(F)F)cc2)nc2c1CCN(Cc1c(F)ccc(Cl)c1F)C2. The van der Waals surface area contributed by atoms with Gasteiger partial charge in [-0.2, -0.15) is 13.2 Å². The Kier molecular flexibility index (Phi) is 5.57. The topological polar surface area (TPSA) is 49.0 Å². The molecule has 0 aliphatic carbocycles. The standard InChI is InChI=1S/C21H15ClF5N3O/c22-15-5-6-16(23)14(18(15)24)9-30-8-7-13-17(10-30)28-19(29-20(13)31)11-1-3-12(4-2-11)21(25,26)27/h1-6H,7-10H2,(H,28,29,31). The maximum atomic E-state index is 14.2. The van der Waals surface area contributed by atoms with E-state index in [0.717, 1.165) is 24.3 Å². The molecule has 1 aliphatic heterocycles. The first-order valence-corrected chi connectivity index (χ1v) is 9.65. The summed E-state index contributed by atoms with van der Waals surface area (Å²) in [6.07, 6.45) is -4.16. The van der Waals surface area contributed by atoms with E-state index < -0.39 is 23.4 Å². The Morgan fingerprint density at radius 1 is 1.10 bits per heavy atom. The number of benzene rings is 2. The third-order valence-electron chi connectivity index (χ3n) is 5.16. The average molecular weight is 456 g/mol. The van der Waals surface area contributed by atoms with E-state index in [2.05, 4.69) is 9.97 Å². The summed E-state index contributed by atoms with van der Waals surface area (Å²) in [5.74, 6) is -1.44. The number of rotatable bonds is 3. The van der Waals surface area contributed by atoms with Crippen molar-refractivity contribution in [3.8, 4) is 11.4 Å². The number of nitrogens with zero attached hydrogens (tertiary/aromatic N) is 2. The minimum atomic E-state index is -4.47. The summed E-state index contributed by atoms with van der Waals surface area (Å²) < 4.78 is 66.6. The number of aromatic nitrogens is 2. The first-order chi connectivity index (χ1) is 14.6. The van der Waals surface area contributed by atoms with Gasteiger partial charge in [-0.3, -0.25) is 9.69 Å². The number of hydrogen-bond acceptors (Lipinski definition) is 3. The summed E-state index contributed by atoms with van der Waals surface area (Å²) in [4.78, 5) is 21.2. The highest BCUT2D eigenvalue weighted by molar-refractivity contribution is 6.30. The molecule has 2 aromatic carbocycles. The highest BCUT2D eigenvalue weighted by Gasteiger charge is 2.30. The summed E-state index contributed by atoms with van der Waals surface area (Å²) in [7, 11) is 0. The van der Waals surface area contributed by atoms with E-state index in [0.29, 0.717) is 29.8 Å². The monoisotopic (exact) mass is 455 g/mol. The van der Waals surface area contributed by atoms with Gasteiger partial charge in [-0.05, 0) is 30.7 Å². The van der Waals surface area contributed by atoms with Gasteiger partial charge in [0.15, 0.2) is 0 Å². The van der Waals surface area contributed by atoms with Crippen LogP contribution in [0.1, 0.15) is 22.4 Å². The first kappa shape index (κ1) is 21.5. The van der Waals surface area contributed by atoms with Gasteiger partial charge < -0.3 is 4.98 Å². The second-order valence-corrected chi connectivity index (χ2v) is 7.60. The summed E-state index contributed by atoms with van der Waals surface area (Å²) in [5.41, 5.74) is -0.208. The van der Waals surface area contributed by atoms with Crippen molar-refractivity contribution in [2.45, 2.75) is 25.7 Å². The zero-order valence-corrected chi connectivity index (χ0v) is 16.6. The van der Waals surface area contributed by atoms with Crippen LogP contribution in [0.2, 0.25) is 5.02 Å². The van der Waals surface area contributed by atoms with Crippen molar-refractivity contribution < 1.29 is 22.0 Å². The first-order valence-electron chi connectivity index (χ1n) is 9.28. The fourth-order valence-corrected chi connectivity index (χ4v) is 3.70. The summed E-state index contributed by atoms with van der Waals surface area (Å²) in [5, 5.41) is -0.187. The number of alkyl halides is 3. The second-order valence-electron chi connectivity index (χ2n) is 7.20. The molecule has 0 spiro atoms. The number of H-pyrrole nitrogens is 1. The molecule has 4 nitrogen and oxygen atoms in total. The lowest BCUT2D eigenvalue weighted by Crippen LogP contribution is -2.35. The molecule has 0 amide bonds. The molecule has 1 aromatic heterocycles. The summed E-state index contributed by atoms with van der Waals surface area (Å²) in [6.45, 7) is 0.461. The fraction of sp³-hybridized carbons (Fsp3) is 0.238. The molecule has 3 aromatic rings. The number of fused-ring (bicyclic) bond motifs is 1. The van der Waals surface area contributed by atoms with Crippen LogP contribution in [-0.4, -0.2) is 21.4 Å².